The molecule has 0 radical (unpaired) electrons. The van der Waals surface area contributed by atoms with Crippen LogP contribution in [0, 0.1) is 0 Å². The van der Waals surface area contributed by atoms with Crippen molar-refractivity contribution in [1.29, 1.82) is 0 Å². The van der Waals surface area contributed by atoms with E-state index in [1.54, 1.807) is 42.5 Å². The molecule has 4 aromatic rings. The highest BCUT2D eigenvalue weighted by molar-refractivity contribution is 6.31. The summed E-state index contributed by atoms with van der Waals surface area (Å²) in [6.45, 7) is 2.71. The third-order valence-corrected chi connectivity index (χ3v) is 6.64. The molecular formula is C29H27ClN4O4. The Morgan fingerprint density at radius 1 is 1.08 bits per heavy atom. The lowest BCUT2D eigenvalue weighted by molar-refractivity contribution is 0.102. The van der Waals surface area contributed by atoms with E-state index in [1.807, 2.05) is 31.2 Å². The van der Waals surface area contributed by atoms with Gasteiger partial charge in [0.15, 0.2) is 0 Å². The smallest absolute Gasteiger partial charge is 0.342 e. The maximum Gasteiger partial charge on any atom is 0.342 e. The van der Waals surface area contributed by atoms with Gasteiger partial charge in [-0.25, -0.2) is 4.79 Å². The molecule has 2 amide bonds. The van der Waals surface area contributed by atoms with Crippen molar-refractivity contribution in [3.63, 3.8) is 0 Å². The number of aromatic hydroxyl groups is 1. The van der Waals surface area contributed by atoms with Gasteiger partial charge in [-0.2, -0.15) is 9.78 Å². The maximum absolute atomic E-state index is 13.0. The van der Waals surface area contributed by atoms with Gasteiger partial charge in [0.05, 0.1) is 18.0 Å². The average Bonchev–Trinajstić information content (AvgIpc) is 3.67. The zero-order valence-electron chi connectivity index (χ0n) is 20.8. The summed E-state index contributed by atoms with van der Waals surface area (Å²) in [4.78, 5) is 25.6. The molecule has 0 spiro atoms. The summed E-state index contributed by atoms with van der Waals surface area (Å²) in [6.07, 6.45) is 1.96. The van der Waals surface area contributed by atoms with E-state index in [-0.39, 0.29) is 30.2 Å². The zero-order valence-corrected chi connectivity index (χ0v) is 21.5. The van der Waals surface area contributed by atoms with Gasteiger partial charge < -0.3 is 20.5 Å². The predicted octanol–water partition coefficient (Wildman–Crippen LogP) is 6.20. The molecule has 1 saturated carbocycles. The number of hydrogen-bond donors (Lipinski definition) is 3. The Labute approximate surface area is 225 Å². The van der Waals surface area contributed by atoms with Gasteiger partial charge in [0.2, 0.25) is 0 Å². The Kier molecular flexibility index (Phi) is 7.33. The SMILES string of the molecule is CCOc1ccc(C(=O)Nc2ccc(-c3cc(C4CC4)n(C(=O)NCc4ccccc4Cl)n3)c(O)c2)cc1. The summed E-state index contributed by atoms with van der Waals surface area (Å²) >= 11 is 6.21. The molecule has 8 nitrogen and oxygen atoms in total. The van der Waals surface area contributed by atoms with Gasteiger partial charge in [-0.15, -0.1) is 0 Å². The normalized spacial score (nSPS) is 12.7. The number of rotatable bonds is 8. The first-order chi connectivity index (χ1) is 18.4. The number of amides is 2. The number of carbonyl (C=O) groups is 2. The molecule has 0 atom stereocenters. The van der Waals surface area contributed by atoms with Crippen molar-refractivity contribution in [1.82, 2.24) is 15.1 Å². The first-order valence-corrected chi connectivity index (χ1v) is 12.8. The molecule has 1 heterocycles. The van der Waals surface area contributed by atoms with E-state index in [1.165, 1.54) is 10.7 Å². The van der Waals surface area contributed by atoms with Gasteiger partial charge in [-0.05, 0) is 73.9 Å². The lowest BCUT2D eigenvalue weighted by Crippen LogP contribution is -2.30. The monoisotopic (exact) mass is 530 g/mol. The number of halogens is 1. The third-order valence-electron chi connectivity index (χ3n) is 6.27. The van der Waals surface area contributed by atoms with Crippen LogP contribution >= 0.6 is 11.6 Å². The van der Waals surface area contributed by atoms with Gasteiger partial charge in [0.1, 0.15) is 11.5 Å². The second-order valence-corrected chi connectivity index (χ2v) is 9.44. The van der Waals surface area contributed by atoms with E-state index in [0.717, 1.165) is 24.1 Å². The van der Waals surface area contributed by atoms with E-state index in [2.05, 4.69) is 15.7 Å². The topological polar surface area (TPSA) is 105 Å². The number of aromatic nitrogens is 2. The first kappa shape index (κ1) is 25.4. The van der Waals surface area contributed by atoms with Crippen LogP contribution in [0.15, 0.2) is 72.8 Å². The highest BCUT2D eigenvalue weighted by atomic mass is 35.5. The lowest BCUT2D eigenvalue weighted by atomic mass is 10.1. The number of carbonyl (C=O) groups excluding carboxylic acids is 2. The fourth-order valence-electron chi connectivity index (χ4n) is 4.15. The molecule has 9 heteroatoms. The van der Waals surface area contributed by atoms with Crippen molar-refractivity contribution >= 4 is 29.2 Å². The van der Waals surface area contributed by atoms with Crippen molar-refractivity contribution in [3.8, 4) is 22.8 Å². The molecular weight excluding hydrogens is 504 g/mol. The molecule has 3 N–H and O–H groups in total. The fraction of sp³-hybridized carbons (Fsp3) is 0.207. The van der Waals surface area contributed by atoms with Crippen LogP contribution in [0.5, 0.6) is 11.5 Å². The molecule has 1 fully saturated rings. The largest absolute Gasteiger partial charge is 0.507 e. The molecule has 1 aliphatic rings. The van der Waals surface area contributed by atoms with Crippen LogP contribution < -0.4 is 15.4 Å². The van der Waals surface area contributed by atoms with E-state index in [0.29, 0.717) is 39.9 Å². The standard InChI is InChI=1S/C29H27ClN4O4/c1-2-38-22-12-9-19(10-13-22)28(36)32-21-11-14-23(27(35)15-21)25-16-26(18-7-8-18)34(33-25)29(37)31-17-20-5-3-4-6-24(20)30/h3-6,9-16,18,35H,2,7-8,17H2,1H3,(H,31,37)(H,32,36). The maximum atomic E-state index is 13.0. The van der Waals surface area contributed by atoms with Crippen molar-refractivity contribution < 1.29 is 19.4 Å². The minimum absolute atomic E-state index is 0.0574. The van der Waals surface area contributed by atoms with Gasteiger partial charge in [0.25, 0.3) is 5.91 Å². The highest BCUT2D eigenvalue weighted by Crippen LogP contribution is 2.42. The van der Waals surface area contributed by atoms with Crippen LogP contribution in [-0.2, 0) is 6.54 Å². The molecule has 194 valence electrons. The zero-order chi connectivity index (χ0) is 26.6. The van der Waals surface area contributed by atoms with E-state index in [9.17, 15) is 14.7 Å². The van der Waals surface area contributed by atoms with E-state index >= 15 is 0 Å². The number of anilines is 1. The Balaban J connectivity index is 1.31. The lowest BCUT2D eigenvalue weighted by Gasteiger charge is -2.09. The Hall–Kier alpha value is -4.30. The van der Waals surface area contributed by atoms with Gasteiger partial charge in [-0.1, -0.05) is 29.8 Å². The number of phenols is 1. The summed E-state index contributed by atoms with van der Waals surface area (Å²) < 4.78 is 6.77. The molecule has 0 bridgehead atoms. The van der Waals surface area contributed by atoms with Gasteiger partial charge in [-0.3, -0.25) is 4.79 Å². The predicted molar refractivity (Wildman–Crippen MR) is 146 cm³/mol. The fourth-order valence-corrected chi connectivity index (χ4v) is 4.35. The van der Waals surface area contributed by atoms with E-state index in [4.69, 9.17) is 16.3 Å². The summed E-state index contributed by atoms with van der Waals surface area (Å²) in [6, 6.07) is 20.5. The highest BCUT2D eigenvalue weighted by Gasteiger charge is 2.30. The number of benzene rings is 3. The third kappa shape index (κ3) is 5.65. The Morgan fingerprint density at radius 3 is 2.53 bits per heavy atom. The molecule has 0 aliphatic heterocycles. The van der Waals surface area contributed by atoms with Crippen molar-refractivity contribution in [2.24, 2.45) is 0 Å². The second-order valence-electron chi connectivity index (χ2n) is 9.03. The second kappa shape index (κ2) is 11.0. The Morgan fingerprint density at radius 2 is 1.84 bits per heavy atom. The first-order valence-electron chi connectivity index (χ1n) is 12.4. The van der Waals surface area contributed by atoms with Crippen LogP contribution in [0.1, 0.15) is 47.3 Å². The molecule has 1 aliphatic carbocycles. The number of ether oxygens (including phenoxy) is 1. The summed E-state index contributed by atoms with van der Waals surface area (Å²) in [5.74, 6) is 0.569. The molecule has 38 heavy (non-hydrogen) atoms. The number of nitrogens with zero attached hydrogens (tertiary/aromatic N) is 2. The molecule has 0 unspecified atom stereocenters. The minimum Gasteiger partial charge on any atom is -0.507 e. The van der Waals surface area contributed by atoms with Crippen LogP contribution in [0.4, 0.5) is 10.5 Å². The van der Waals surface area contributed by atoms with E-state index < -0.39 is 0 Å². The van der Waals surface area contributed by atoms with Crippen LogP contribution in [0.25, 0.3) is 11.3 Å². The quantitative estimate of drug-likeness (QED) is 0.252. The molecule has 1 aromatic heterocycles. The molecule has 3 aromatic carbocycles. The van der Waals surface area contributed by atoms with Crippen molar-refractivity contribution in [3.05, 3.63) is 94.6 Å². The summed E-state index contributed by atoms with van der Waals surface area (Å²) in [7, 11) is 0. The van der Waals surface area contributed by atoms with Gasteiger partial charge in [0, 0.05) is 40.4 Å². The Bertz CT molecular complexity index is 1480. The minimum atomic E-state index is -0.364. The van der Waals surface area contributed by atoms with Crippen LogP contribution in [-0.4, -0.2) is 33.4 Å². The number of hydrogen-bond acceptors (Lipinski definition) is 5. The van der Waals surface area contributed by atoms with Gasteiger partial charge >= 0.3 is 6.03 Å². The number of phenolic OH excluding ortho intramolecular Hbond substituents is 1. The molecule has 5 rings (SSSR count). The average molecular weight is 531 g/mol. The summed E-state index contributed by atoms with van der Waals surface area (Å²) in [5, 5.41) is 21.5. The van der Waals surface area contributed by atoms with Crippen LogP contribution in [0.2, 0.25) is 5.02 Å². The van der Waals surface area contributed by atoms with Crippen molar-refractivity contribution in [2.45, 2.75) is 32.2 Å². The number of nitrogens with one attached hydrogen (secondary N) is 2. The molecule has 0 saturated heterocycles. The summed E-state index contributed by atoms with van der Waals surface area (Å²) in [5.41, 5.74) is 3.44. The van der Waals surface area contributed by atoms with Crippen molar-refractivity contribution in [2.75, 3.05) is 11.9 Å². The van der Waals surface area contributed by atoms with Crippen LogP contribution in [0.3, 0.4) is 0 Å².